The van der Waals surface area contributed by atoms with Crippen molar-refractivity contribution in [1.29, 1.82) is 0 Å². The Morgan fingerprint density at radius 3 is 1.63 bits per heavy atom. The number of aliphatic imine (C=N–C) groups is 1. The van der Waals surface area contributed by atoms with Gasteiger partial charge in [0.25, 0.3) is 17.7 Å². The van der Waals surface area contributed by atoms with Crippen molar-refractivity contribution in [2.45, 2.75) is 31.7 Å². The summed E-state index contributed by atoms with van der Waals surface area (Å²) in [7, 11) is 0. The fraction of sp³-hybridized carbons (Fsp3) is 0.531. The number of benzene rings is 2. The lowest BCUT2D eigenvalue weighted by atomic mass is 10.2. The number of guanidine groups is 1. The first-order valence-electron chi connectivity index (χ1n) is 24.5. The van der Waals surface area contributed by atoms with Crippen LogP contribution in [0, 0.1) is 0 Å². The van der Waals surface area contributed by atoms with Crippen molar-refractivity contribution in [2.24, 2.45) is 16.5 Å². The van der Waals surface area contributed by atoms with E-state index in [1.165, 1.54) is 24.3 Å². The SMILES string of the molecule is NC(N)=Nc1cccc(C(=O)NCC(=O)N[C@@H](CC(=O)Nc2ccc(OCCCNC(=O)CCOCCOCCOCCOCCOCCOCCOCCOCCNC(=O)CCN3C(=O)C=CC3=O)cc2)C(=O)O)c1. The van der Waals surface area contributed by atoms with Crippen LogP contribution in [0.25, 0.3) is 0 Å². The summed E-state index contributed by atoms with van der Waals surface area (Å²) in [6, 6.07) is 10.8. The number of carboxylic acids is 1. The van der Waals surface area contributed by atoms with Crippen LogP contribution in [-0.2, 0) is 71.5 Å². The van der Waals surface area contributed by atoms with E-state index < -0.39 is 54.5 Å². The number of anilines is 1. The summed E-state index contributed by atoms with van der Waals surface area (Å²) < 4.78 is 49.4. The number of carbonyl (C=O) groups is 8. The summed E-state index contributed by atoms with van der Waals surface area (Å²) in [5.41, 5.74) is 11.6. The van der Waals surface area contributed by atoms with Crippen LogP contribution in [0.15, 0.2) is 65.7 Å². The third-order valence-electron chi connectivity index (χ3n) is 9.96. The molecule has 1 aliphatic rings. The molecule has 76 heavy (non-hydrogen) atoms. The number of hydrogen-bond donors (Lipinski definition) is 8. The van der Waals surface area contributed by atoms with Gasteiger partial charge in [-0.25, -0.2) is 9.79 Å². The summed E-state index contributed by atoms with van der Waals surface area (Å²) in [6.07, 6.45) is 2.53. The minimum Gasteiger partial charge on any atom is -0.494 e. The Balaban J connectivity index is 1.03. The van der Waals surface area contributed by atoms with Gasteiger partial charge in [0.1, 0.15) is 11.8 Å². The number of nitrogens with one attached hydrogen (secondary N) is 5. The van der Waals surface area contributed by atoms with Gasteiger partial charge in [0.15, 0.2) is 5.96 Å². The molecule has 0 unspecified atom stereocenters. The van der Waals surface area contributed by atoms with Gasteiger partial charge in [-0.15, -0.1) is 0 Å². The molecule has 0 spiro atoms. The van der Waals surface area contributed by atoms with E-state index in [0.29, 0.717) is 142 Å². The number of amides is 7. The zero-order chi connectivity index (χ0) is 55.0. The van der Waals surface area contributed by atoms with Crippen molar-refractivity contribution < 1.29 is 86.1 Å². The molecule has 420 valence electrons. The highest BCUT2D eigenvalue weighted by molar-refractivity contribution is 6.13. The normalized spacial score (nSPS) is 12.2. The van der Waals surface area contributed by atoms with Gasteiger partial charge in [-0.1, -0.05) is 6.07 Å². The largest absolute Gasteiger partial charge is 0.494 e. The number of carbonyl (C=O) groups excluding carboxylic acids is 7. The molecular formula is C49H71N9O18. The monoisotopic (exact) mass is 1070 g/mol. The Kier molecular flexibility index (Phi) is 32.7. The molecule has 27 nitrogen and oxygen atoms in total. The average Bonchev–Trinajstić information content (AvgIpc) is 3.72. The quantitative estimate of drug-likeness (QED) is 0.0166. The van der Waals surface area contributed by atoms with Gasteiger partial charge in [0.05, 0.1) is 131 Å². The number of rotatable bonds is 44. The molecule has 1 atom stereocenters. The molecule has 3 rings (SSSR count). The standard InChI is InChI=1S/C49H71N9O18/c50-49(51)56-38-4-1-3-36(33-38)47(65)54-35-44(62)57-40(48(66)67)34-43(61)55-37-5-7-39(8-6-37)76-16-2-13-52-42(60)12-17-68-19-21-70-23-25-72-27-29-74-31-32-75-30-28-73-26-24-71-22-20-69-18-14-53-41(59)11-15-58-45(63)9-10-46(58)64/h1,3-10,33,40H,2,11-32,34-35H2,(H,52,60)(H,53,59)(H,54,65)(H,55,61)(H,57,62)(H,66,67)(H4,50,51,56)/t40-/m0/s1. The highest BCUT2D eigenvalue weighted by atomic mass is 16.6. The van der Waals surface area contributed by atoms with Crippen LogP contribution in [-0.4, -0.2) is 208 Å². The van der Waals surface area contributed by atoms with Crippen molar-refractivity contribution >= 4 is 64.7 Å². The molecule has 0 aromatic heterocycles. The number of nitrogens with two attached hydrogens (primary N) is 2. The van der Waals surface area contributed by atoms with Gasteiger partial charge in [-0.05, 0) is 48.9 Å². The molecule has 2 aromatic carbocycles. The minimum atomic E-state index is -1.56. The van der Waals surface area contributed by atoms with E-state index in [1.54, 1.807) is 36.4 Å². The molecule has 7 amide bonds. The van der Waals surface area contributed by atoms with E-state index in [0.717, 1.165) is 4.90 Å². The van der Waals surface area contributed by atoms with Crippen LogP contribution in [0.1, 0.15) is 36.0 Å². The number of carboxylic acid groups (broad SMARTS) is 1. The lowest BCUT2D eigenvalue weighted by molar-refractivity contribution is -0.143. The highest BCUT2D eigenvalue weighted by Crippen LogP contribution is 2.17. The molecule has 0 radical (unpaired) electrons. The average molecular weight is 1070 g/mol. The maximum Gasteiger partial charge on any atom is 0.326 e. The maximum absolute atomic E-state index is 12.6. The smallest absolute Gasteiger partial charge is 0.326 e. The number of aliphatic carboxylic acids is 1. The third-order valence-corrected chi connectivity index (χ3v) is 9.96. The first kappa shape index (κ1) is 63.2. The number of hydrogen-bond acceptors (Lipinski definition) is 18. The first-order chi connectivity index (χ1) is 36.8. The number of imide groups is 1. The minimum absolute atomic E-state index is 0.0315. The zero-order valence-corrected chi connectivity index (χ0v) is 42.5. The molecule has 2 aromatic rings. The fourth-order valence-electron chi connectivity index (χ4n) is 6.21. The second-order valence-corrected chi connectivity index (χ2v) is 16.0. The Morgan fingerprint density at radius 2 is 1.09 bits per heavy atom. The van der Waals surface area contributed by atoms with Gasteiger partial charge < -0.3 is 85.8 Å². The Morgan fingerprint density at radius 1 is 0.579 bits per heavy atom. The van der Waals surface area contributed by atoms with Crippen LogP contribution in [0.5, 0.6) is 5.75 Å². The Hall–Kier alpha value is -7.11. The third kappa shape index (κ3) is 30.3. The second kappa shape index (κ2) is 39.3. The van der Waals surface area contributed by atoms with E-state index in [4.69, 9.17) is 54.1 Å². The summed E-state index contributed by atoms with van der Waals surface area (Å²) in [6.45, 7) is 6.55. The van der Waals surface area contributed by atoms with Crippen molar-refractivity contribution in [2.75, 3.05) is 144 Å². The molecule has 0 saturated carbocycles. The second-order valence-electron chi connectivity index (χ2n) is 16.0. The molecule has 1 heterocycles. The van der Waals surface area contributed by atoms with Crippen LogP contribution >= 0.6 is 0 Å². The van der Waals surface area contributed by atoms with Crippen molar-refractivity contribution in [1.82, 2.24) is 26.2 Å². The van der Waals surface area contributed by atoms with Gasteiger partial charge >= 0.3 is 5.97 Å². The molecule has 0 bridgehead atoms. The van der Waals surface area contributed by atoms with E-state index in [-0.39, 0.29) is 49.3 Å². The zero-order valence-electron chi connectivity index (χ0n) is 42.5. The lowest BCUT2D eigenvalue weighted by Gasteiger charge is -2.15. The Labute approximate surface area is 439 Å². The van der Waals surface area contributed by atoms with Crippen LogP contribution in [0.2, 0.25) is 0 Å². The van der Waals surface area contributed by atoms with E-state index >= 15 is 0 Å². The molecule has 0 saturated heterocycles. The Bertz CT molecular complexity index is 2140. The fourth-order valence-corrected chi connectivity index (χ4v) is 6.21. The van der Waals surface area contributed by atoms with E-state index in [9.17, 15) is 43.5 Å². The van der Waals surface area contributed by atoms with Crippen molar-refractivity contribution in [3.63, 3.8) is 0 Å². The first-order valence-corrected chi connectivity index (χ1v) is 24.5. The van der Waals surface area contributed by atoms with Crippen molar-refractivity contribution in [3.05, 3.63) is 66.2 Å². The van der Waals surface area contributed by atoms with E-state index in [2.05, 4.69) is 31.6 Å². The molecular weight excluding hydrogens is 1000 g/mol. The topological polar surface area (TPSA) is 368 Å². The maximum atomic E-state index is 12.6. The molecule has 0 fully saturated rings. The van der Waals surface area contributed by atoms with Gasteiger partial charge in [-0.2, -0.15) is 0 Å². The summed E-state index contributed by atoms with van der Waals surface area (Å²) in [4.78, 5) is 101. The summed E-state index contributed by atoms with van der Waals surface area (Å²) >= 11 is 0. The van der Waals surface area contributed by atoms with Crippen LogP contribution < -0.4 is 42.8 Å². The van der Waals surface area contributed by atoms with Crippen LogP contribution in [0.3, 0.4) is 0 Å². The van der Waals surface area contributed by atoms with Gasteiger partial charge in [0.2, 0.25) is 23.6 Å². The molecule has 1 aliphatic heterocycles. The number of nitrogens with zero attached hydrogens (tertiary/aromatic N) is 2. The highest BCUT2D eigenvalue weighted by Gasteiger charge is 2.25. The van der Waals surface area contributed by atoms with Crippen molar-refractivity contribution in [3.8, 4) is 5.75 Å². The molecule has 10 N–H and O–H groups in total. The van der Waals surface area contributed by atoms with E-state index in [1.807, 2.05) is 0 Å². The molecule has 27 heteroatoms. The predicted octanol–water partition coefficient (Wildman–Crippen LogP) is -1.24. The van der Waals surface area contributed by atoms with Crippen LogP contribution in [0.4, 0.5) is 11.4 Å². The van der Waals surface area contributed by atoms with Gasteiger partial charge in [-0.3, -0.25) is 38.5 Å². The predicted molar refractivity (Wildman–Crippen MR) is 271 cm³/mol. The summed E-state index contributed by atoms with van der Waals surface area (Å²) in [5, 5.41) is 22.2. The van der Waals surface area contributed by atoms with Gasteiger partial charge in [0, 0.05) is 55.9 Å². The molecule has 0 aliphatic carbocycles. The summed E-state index contributed by atoms with van der Waals surface area (Å²) in [5.74, 6) is -4.53. The lowest BCUT2D eigenvalue weighted by Crippen LogP contribution is -2.47. The number of ether oxygens (including phenoxy) is 9.